The van der Waals surface area contributed by atoms with Gasteiger partial charge in [-0.05, 0) is 204 Å². The number of aryl methyl sites for hydroxylation is 6. The number of hydrogen-bond donors (Lipinski definition) is 3. The molecule has 0 radical (unpaired) electrons. The number of nitrogens with one attached hydrogen (secondary N) is 2. The molecule has 2 unspecified atom stereocenters. The van der Waals surface area contributed by atoms with E-state index < -0.39 is 118 Å². The van der Waals surface area contributed by atoms with Crippen LogP contribution in [0.25, 0.3) is 22.3 Å². The summed E-state index contributed by atoms with van der Waals surface area (Å²) >= 11 is 0. The first-order chi connectivity index (χ1) is 43.4. The van der Waals surface area contributed by atoms with Crippen LogP contribution in [0.2, 0.25) is 0 Å². The Kier molecular flexibility index (Phi) is 29.6. The molecule has 528 valence electrons. The van der Waals surface area contributed by atoms with Crippen LogP contribution in [0.4, 0.5) is 35.1 Å². The van der Waals surface area contributed by atoms with Crippen LogP contribution in [0.5, 0.6) is 0 Å². The highest BCUT2D eigenvalue weighted by Gasteiger charge is 2.39. The van der Waals surface area contributed by atoms with Gasteiger partial charge in [0.25, 0.3) is 11.1 Å². The number of carbonyl (C=O) groups excluding carboxylic acids is 3. The van der Waals surface area contributed by atoms with Gasteiger partial charge in [0, 0.05) is 48.7 Å². The van der Waals surface area contributed by atoms with Crippen molar-refractivity contribution in [1.29, 1.82) is 0 Å². The molecule has 0 aliphatic rings. The fourth-order valence-electron chi connectivity index (χ4n) is 11.6. The summed E-state index contributed by atoms with van der Waals surface area (Å²) in [7, 11) is 6.86. The van der Waals surface area contributed by atoms with Crippen molar-refractivity contribution in [2.24, 2.45) is 10.8 Å². The third kappa shape index (κ3) is 22.7. The molecular formula is C72H94F8N6O8S2. The Labute approximate surface area is 572 Å². The van der Waals surface area contributed by atoms with Gasteiger partial charge < -0.3 is 39.4 Å². The number of pyridine rings is 2. The molecule has 0 aliphatic heterocycles. The number of halogens is 8. The zero-order chi connectivity index (χ0) is 70.9. The van der Waals surface area contributed by atoms with E-state index in [1.807, 2.05) is 84.9 Å². The Balaban J connectivity index is 0.000000490. The Morgan fingerprint density at radius 3 is 1.17 bits per heavy atom. The minimum atomic E-state index is -4.79. The quantitative estimate of drug-likeness (QED) is 0.0414. The summed E-state index contributed by atoms with van der Waals surface area (Å²) in [5, 5.41) is 15.2. The number of alkyl halides is 6. The van der Waals surface area contributed by atoms with Crippen LogP contribution in [-0.4, -0.2) is 95.7 Å². The van der Waals surface area contributed by atoms with Crippen LogP contribution in [0.1, 0.15) is 165 Å². The average Bonchev–Trinajstić information content (AvgIpc) is 0.798. The van der Waals surface area contributed by atoms with Crippen LogP contribution >= 0.6 is 27.0 Å². The summed E-state index contributed by atoms with van der Waals surface area (Å²) in [6, 6.07) is 13.9. The average molecular weight is 1390 g/mol. The maximum atomic E-state index is 16.0. The van der Waals surface area contributed by atoms with Gasteiger partial charge in [0.1, 0.15) is 23.7 Å². The second-order valence-electron chi connectivity index (χ2n) is 27.2. The van der Waals surface area contributed by atoms with E-state index in [0.29, 0.717) is 28.8 Å². The molecule has 0 aliphatic carbocycles. The van der Waals surface area contributed by atoms with Crippen molar-refractivity contribution >= 4 is 50.7 Å². The summed E-state index contributed by atoms with van der Waals surface area (Å²) in [6.45, 7) is 24.0. The van der Waals surface area contributed by atoms with Gasteiger partial charge in [0.15, 0.2) is 0 Å². The van der Waals surface area contributed by atoms with E-state index in [-0.39, 0.29) is 100 Å². The van der Waals surface area contributed by atoms with Gasteiger partial charge in [-0.25, -0.2) is 8.78 Å². The molecule has 4 aromatic carbocycles. The third-order valence-corrected chi connectivity index (χ3v) is 16.0. The van der Waals surface area contributed by atoms with Gasteiger partial charge in [-0.15, -0.1) is 0 Å². The van der Waals surface area contributed by atoms with Crippen LogP contribution < -0.4 is 21.8 Å². The predicted molar refractivity (Wildman–Crippen MR) is 370 cm³/mol. The molecule has 96 heavy (non-hydrogen) atoms. The number of aromatic nitrogens is 2. The second-order valence-corrected chi connectivity index (χ2v) is 27.2. The van der Waals surface area contributed by atoms with E-state index in [1.54, 1.807) is 97.7 Å². The van der Waals surface area contributed by atoms with Crippen molar-refractivity contribution in [1.82, 2.24) is 29.6 Å². The number of carbonyl (C=O) groups is 4. The van der Waals surface area contributed by atoms with Crippen molar-refractivity contribution in [3.8, 4) is 22.3 Å². The number of amides is 2. The predicted octanol–water partition coefficient (Wildman–Crippen LogP) is 14.7. The zero-order valence-corrected chi connectivity index (χ0v) is 59.9. The summed E-state index contributed by atoms with van der Waals surface area (Å²) < 4.78 is 123. The molecule has 0 spiro atoms. The summed E-state index contributed by atoms with van der Waals surface area (Å²) in [6.07, 6.45) is -8.43. The molecule has 6 aromatic rings. The van der Waals surface area contributed by atoms with Crippen molar-refractivity contribution in [3.05, 3.63) is 184 Å². The number of likely N-dealkylation sites (N-methyl/N-ethyl adjacent to an activating group) is 2. The van der Waals surface area contributed by atoms with Crippen LogP contribution in [0.15, 0.2) is 94.8 Å². The molecule has 0 bridgehead atoms. The maximum Gasteiger partial charge on any atom is 0.416 e. The number of ether oxygens (including phenoxy) is 1. The molecule has 4 atom stereocenters. The highest BCUT2D eigenvalue weighted by molar-refractivity contribution is 7.59. The molecule has 24 heteroatoms. The number of rotatable bonds is 23. The first-order valence-electron chi connectivity index (χ1n) is 31.1. The molecule has 2 aromatic heterocycles. The summed E-state index contributed by atoms with van der Waals surface area (Å²) in [5.74, 6) is -4.84. The SMILES string of the molecule is CCOC(=O)C[C@H](NC(=O)C(CC(C)(C)C)n1cc(CCN(C)C)c(C(F)(F)F)cc1=O)c1cc(-c2c(C)cccc2C)cc(C)c1F.Cc1cc(-c2c(C)cccc2C)cc([C@H](CC(=O)O)NC(=O)C(CC(C)(C)C)n2cc(CCN(C)C)c(C(F)(F)F)cc2=O)c1F.S.S. The molecule has 2 heterocycles. The van der Waals surface area contributed by atoms with E-state index in [4.69, 9.17) is 4.74 Å². The topological polar surface area (TPSA) is 172 Å². The van der Waals surface area contributed by atoms with Gasteiger partial charge in [0.2, 0.25) is 11.8 Å². The summed E-state index contributed by atoms with van der Waals surface area (Å²) in [5.41, 5.74) is 1.78. The second kappa shape index (κ2) is 34.3. The Bertz CT molecular complexity index is 3810. The van der Waals surface area contributed by atoms with Gasteiger partial charge in [-0.3, -0.25) is 28.8 Å². The van der Waals surface area contributed by atoms with Crippen LogP contribution in [-0.2, 0) is 49.1 Å². The number of esters is 1. The van der Waals surface area contributed by atoms with Crippen LogP contribution in [0.3, 0.4) is 0 Å². The number of hydrogen-bond acceptors (Lipinski definition) is 9. The van der Waals surface area contributed by atoms with Crippen molar-refractivity contribution in [2.75, 3.05) is 47.9 Å². The molecule has 0 fully saturated rings. The van der Waals surface area contributed by atoms with E-state index in [1.165, 1.54) is 6.07 Å². The van der Waals surface area contributed by atoms with Crippen molar-refractivity contribution in [3.63, 3.8) is 0 Å². The number of carboxylic acids is 1. The lowest BCUT2D eigenvalue weighted by molar-refractivity contribution is -0.144. The standard InChI is InChI=1S/C37H47F4N3O4.C35H43F4N3O4.2H2S/c1-10-48-32(46)19-29(27-17-26(16-24(4)34(27)38)33-22(2)12-11-13-23(33)3)42-35(47)30(20-36(5,6)7)44-21-25(14-15-43(8)9)28(18-31(44)45)37(39,40)41;1-20-10-9-11-21(2)31(20)24-14-22(3)32(36)25(15-24)27(17-30(44)45)40-33(46)28(18-34(4,5)6)42-19-23(12-13-41(7)8)26(16-29(42)43)35(37,38)39;;/h11-13,16-18,21,29-30H,10,14-15,19-20H2,1-9H3,(H,42,47);9-11,14-16,19,27-28H,12-13,17-18H2,1-8H3,(H,40,46)(H,44,45);2*1H2/t29-,30?;27-,28?;;/m00../s1. The van der Waals surface area contributed by atoms with Crippen molar-refractivity contribution in [2.45, 2.75) is 165 Å². The third-order valence-electron chi connectivity index (χ3n) is 16.0. The number of aliphatic carboxylic acids is 1. The van der Waals surface area contributed by atoms with Gasteiger partial charge in [0.05, 0.1) is 42.7 Å². The monoisotopic (exact) mass is 1390 g/mol. The summed E-state index contributed by atoms with van der Waals surface area (Å²) in [4.78, 5) is 83.1. The first-order valence-corrected chi connectivity index (χ1v) is 31.1. The highest BCUT2D eigenvalue weighted by Crippen LogP contribution is 2.39. The molecular weight excluding hydrogens is 1290 g/mol. The molecule has 3 N–H and O–H groups in total. The smallest absolute Gasteiger partial charge is 0.416 e. The highest BCUT2D eigenvalue weighted by atomic mass is 32.1. The van der Waals surface area contributed by atoms with E-state index in [9.17, 15) is 60.2 Å². The Morgan fingerprint density at radius 1 is 0.542 bits per heavy atom. The molecule has 14 nitrogen and oxygen atoms in total. The van der Waals surface area contributed by atoms with Crippen LogP contribution in [0, 0.1) is 64.0 Å². The largest absolute Gasteiger partial charge is 0.481 e. The number of benzene rings is 4. The Hall–Kier alpha value is -7.28. The lowest BCUT2D eigenvalue weighted by atomic mass is 9.87. The fourth-order valence-corrected chi connectivity index (χ4v) is 11.6. The van der Waals surface area contributed by atoms with Crippen molar-refractivity contribution < 1.29 is 64.1 Å². The number of nitrogens with zero attached hydrogens (tertiary/aromatic N) is 4. The first kappa shape index (κ1) is 82.9. The van der Waals surface area contributed by atoms with E-state index in [2.05, 4.69) is 10.6 Å². The Morgan fingerprint density at radius 2 is 0.875 bits per heavy atom. The fraction of sp³-hybridized carbons (Fsp3) is 0.472. The van der Waals surface area contributed by atoms with Gasteiger partial charge >= 0.3 is 24.3 Å². The molecule has 6 rings (SSSR count). The van der Waals surface area contributed by atoms with Gasteiger partial charge in [-0.2, -0.15) is 53.3 Å². The molecule has 2 amide bonds. The maximum absolute atomic E-state index is 16.0. The number of carboxylic acid groups (broad SMARTS) is 1. The zero-order valence-electron chi connectivity index (χ0n) is 57.9. The normalized spacial score (nSPS) is 13.2. The minimum Gasteiger partial charge on any atom is -0.481 e. The lowest BCUT2D eigenvalue weighted by Crippen LogP contribution is -2.41. The molecule has 0 saturated carbocycles. The van der Waals surface area contributed by atoms with Gasteiger partial charge in [-0.1, -0.05) is 77.9 Å². The van der Waals surface area contributed by atoms with E-state index in [0.717, 1.165) is 54.9 Å². The molecule has 0 saturated heterocycles. The lowest BCUT2D eigenvalue weighted by Gasteiger charge is -2.30. The minimum absolute atomic E-state index is 0. The van der Waals surface area contributed by atoms with E-state index >= 15 is 8.78 Å².